The molecule has 0 saturated carbocycles. The summed E-state index contributed by atoms with van der Waals surface area (Å²) in [7, 11) is 2.27. The van der Waals surface area contributed by atoms with Crippen LogP contribution in [0.15, 0.2) is 0 Å². The zero-order chi connectivity index (χ0) is 9.80. The Morgan fingerprint density at radius 2 is 2.07 bits per heavy atom. The van der Waals surface area contributed by atoms with E-state index in [2.05, 4.69) is 17.3 Å². The summed E-state index contributed by atoms with van der Waals surface area (Å²) in [5.41, 5.74) is 0. The molecule has 1 atom stereocenters. The van der Waals surface area contributed by atoms with Crippen LogP contribution in [0.5, 0.6) is 0 Å². The molecule has 2 aliphatic rings. The van der Waals surface area contributed by atoms with Crippen LogP contribution >= 0.6 is 0 Å². The van der Waals surface area contributed by atoms with Crippen molar-refractivity contribution < 1.29 is 4.74 Å². The van der Waals surface area contributed by atoms with Crippen LogP contribution in [0.2, 0.25) is 0 Å². The molecule has 0 aromatic carbocycles. The fraction of sp³-hybridized carbons (Fsp3) is 1.00. The van der Waals surface area contributed by atoms with Crippen LogP contribution < -0.4 is 5.32 Å². The smallest absolute Gasteiger partial charge is 0.0507 e. The summed E-state index contributed by atoms with van der Waals surface area (Å²) >= 11 is 0. The van der Waals surface area contributed by atoms with Gasteiger partial charge in [0, 0.05) is 19.2 Å². The van der Waals surface area contributed by atoms with Crippen LogP contribution in [0.25, 0.3) is 0 Å². The number of nitrogens with one attached hydrogen (secondary N) is 1. The third-order valence-corrected chi connectivity index (χ3v) is 3.50. The van der Waals surface area contributed by atoms with Crippen molar-refractivity contribution in [2.75, 3.05) is 39.9 Å². The minimum absolute atomic E-state index is 0.787. The van der Waals surface area contributed by atoms with E-state index in [4.69, 9.17) is 4.74 Å². The van der Waals surface area contributed by atoms with Crippen LogP contribution in [0.3, 0.4) is 0 Å². The van der Waals surface area contributed by atoms with E-state index < -0.39 is 0 Å². The fourth-order valence-electron chi connectivity index (χ4n) is 2.53. The van der Waals surface area contributed by atoms with Crippen molar-refractivity contribution in [3.05, 3.63) is 0 Å². The molecule has 2 saturated heterocycles. The molecule has 1 unspecified atom stereocenters. The standard InChI is InChI=1S/C11H22N2O/c1-13(8-10-4-7-14-9-10)11-2-5-12-6-3-11/h10-12H,2-9H2,1H3. The van der Waals surface area contributed by atoms with E-state index in [1.165, 1.54) is 38.9 Å². The fourth-order valence-corrected chi connectivity index (χ4v) is 2.53. The summed E-state index contributed by atoms with van der Waals surface area (Å²) in [6, 6.07) is 0.803. The lowest BCUT2D eigenvalue weighted by Gasteiger charge is -2.32. The molecule has 0 aromatic heterocycles. The van der Waals surface area contributed by atoms with Gasteiger partial charge in [0.1, 0.15) is 0 Å². The molecule has 0 aliphatic carbocycles. The number of piperidine rings is 1. The molecule has 1 N–H and O–H groups in total. The lowest BCUT2D eigenvalue weighted by atomic mass is 10.0. The summed E-state index contributed by atoms with van der Waals surface area (Å²) in [6.45, 7) is 5.57. The predicted molar refractivity (Wildman–Crippen MR) is 57.4 cm³/mol. The summed E-state index contributed by atoms with van der Waals surface area (Å²) in [4.78, 5) is 2.54. The van der Waals surface area contributed by atoms with Gasteiger partial charge in [-0.15, -0.1) is 0 Å². The van der Waals surface area contributed by atoms with Crippen molar-refractivity contribution in [3.63, 3.8) is 0 Å². The van der Waals surface area contributed by atoms with Crippen molar-refractivity contribution >= 4 is 0 Å². The third kappa shape index (κ3) is 2.69. The van der Waals surface area contributed by atoms with Gasteiger partial charge in [-0.25, -0.2) is 0 Å². The molecule has 0 spiro atoms. The SMILES string of the molecule is CN(CC1CCOC1)C1CCNCC1. The van der Waals surface area contributed by atoms with Crippen LogP contribution in [0.1, 0.15) is 19.3 Å². The summed E-state index contributed by atoms with van der Waals surface area (Å²) < 4.78 is 5.41. The lowest BCUT2D eigenvalue weighted by molar-refractivity contribution is 0.147. The first kappa shape index (κ1) is 10.4. The van der Waals surface area contributed by atoms with Crippen molar-refractivity contribution in [3.8, 4) is 0 Å². The second-order valence-corrected chi connectivity index (χ2v) is 4.65. The molecule has 0 bridgehead atoms. The van der Waals surface area contributed by atoms with Gasteiger partial charge in [0.2, 0.25) is 0 Å². The molecule has 2 fully saturated rings. The number of ether oxygens (including phenoxy) is 1. The quantitative estimate of drug-likeness (QED) is 0.723. The van der Waals surface area contributed by atoms with E-state index in [1.807, 2.05) is 0 Å². The second-order valence-electron chi connectivity index (χ2n) is 4.65. The van der Waals surface area contributed by atoms with E-state index in [0.717, 1.165) is 25.2 Å². The zero-order valence-corrected chi connectivity index (χ0v) is 9.17. The van der Waals surface area contributed by atoms with Crippen LogP contribution in [0, 0.1) is 5.92 Å². The topological polar surface area (TPSA) is 24.5 Å². The van der Waals surface area contributed by atoms with Crippen molar-refractivity contribution in [2.45, 2.75) is 25.3 Å². The summed E-state index contributed by atoms with van der Waals surface area (Å²) in [5, 5.41) is 3.41. The highest BCUT2D eigenvalue weighted by Gasteiger charge is 2.22. The maximum atomic E-state index is 5.41. The minimum Gasteiger partial charge on any atom is -0.381 e. The predicted octanol–water partition coefficient (Wildman–Crippen LogP) is 0.707. The van der Waals surface area contributed by atoms with Gasteiger partial charge in [0.05, 0.1) is 6.61 Å². The van der Waals surface area contributed by atoms with Crippen LogP contribution in [-0.4, -0.2) is 50.8 Å². The van der Waals surface area contributed by atoms with E-state index in [1.54, 1.807) is 0 Å². The molecule has 14 heavy (non-hydrogen) atoms. The normalized spacial score (nSPS) is 30.0. The highest BCUT2D eigenvalue weighted by Crippen LogP contribution is 2.17. The van der Waals surface area contributed by atoms with Gasteiger partial charge in [-0.2, -0.15) is 0 Å². The van der Waals surface area contributed by atoms with Gasteiger partial charge in [-0.3, -0.25) is 0 Å². The van der Waals surface area contributed by atoms with Crippen molar-refractivity contribution in [2.24, 2.45) is 5.92 Å². The second kappa shape index (κ2) is 5.10. The monoisotopic (exact) mass is 198 g/mol. The Bertz CT molecular complexity index is 163. The maximum Gasteiger partial charge on any atom is 0.0507 e. The highest BCUT2D eigenvalue weighted by atomic mass is 16.5. The minimum atomic E-state index is 0.787. The molecular weight excluding hydrogens is 176 g/mol. The van der Waals surface area contributed by atoms with Gasteiger partial charge in [-0.05, 0) is 45.3 Å². The molecule has 82 valence electrons. The van der Waals surface area contributed by atoms with Crippen LogP contribution in [-0.2, 0) is 4.74 Å². The Kier molecular flexibility index (Phi) is 3.79. The number of nitrogens with zero attached hydrogens (tertiary/aromatic N) is 1. The van der Waals surface area contributed by atoms with Crippen molar-refractivity contribution in [1.82, 2.24) is 10.2 Å². The first-order valence-corrected chi connectivity index (χ1v) is 5.85. The Labute approximate surface area is 86.8 Å². The Balaban J connectivity index is 1.72. The van der Waals surface area contributed by atoms with E-state index in [9.17, 15) is 0 Å². The molecular formula is C11H22N2O. The molecule has 3 nitrogen and oxygen atoms in total. The van der Waals surface area contributed by atoms with Crippen molar-refractivity contribution in [1.29, 1.82) is 0 Å². The third-order valence-electron chi connectivity index (χ3n) is 3.50. The molecule has 2 aliphatic heterocycles. The molecule has 0 radical (unpaired) electrons. The maximum absolute atomic E-state index is 5.41. The molecule has 3 heteroatoms. The summed E-state index contributed by atoms with van der Waals surface area (Å²) in [6.07, 6.45) is 3.88. The highest BCUT2D eigenvalue weighted by molar-refractivity contribution is 4.78. The Morgan fingerprint density at radius 1 is 1.29 bits per heavy atom. The van der Waals surface area contributed by atoms with E-state index in [0.29, 0.717) is 0 Å². The first-order chi connectivity index (χ1) is 6.86. The van der Waals surface area contributed by atoms with Gasteiger partial charge in [0.25, 0.3) is 0 Å². The van der Waals surface area contributed by atoms with Gasteiger partial charge in [0.15, 0.2) is 0 Å². The molecule has 2 rings (SSSR count). The summed E-state index contributed by atoms with van der Waals surface area (Å²) in [5.74, 6) is 0.787. The number of rotatable bonds is 3. The van der Waals surface area contributed by atoms with Gasteiger partial charge in [-0.1, -0.05) is 0 Å². The first-order valence-electron chi connectivity index (χ1n) is 5.85. The lowest BCUT2D eigenvalue weighted by Crippen LogP contribution is -2.43. The number of hydrogen-bond acceptors (Lipinski definition) is 3. The average Bonchev–Trinajstić information content (AvgIpc) is 2.72. The average molecular weight is 198 g/mol. The van der Waals surface area contributed by atoms with Gasteiger partial charge >= 0.3 is 0 Å². The van der Waals surface area contributed by atoms with Crippen LogP contribution in [0.4, 0.5) is 0 Å². The molecule has 0 aromatic rings. The van der Waals surface area contributed by atoms with E-state index >= 15 is 0 Å². The van der Waals surface area contributed by atoms with E-state index in [-0.39, 0.29) is 0 Å². The van der Waals surface area contributed by atoms with Gasteiger partial charge < -0.3 is 15.0 Å². The Morgan fingerprint density at radius 3 is 2.71 bits per heavy atom. The zero-order valence-electron chi connectivity index (χ0n) is 9.17. The largest absolute Gasteiger partial charge is 0.381 e. The number of hydrogen-bond donors (Lipinski definition) is 1. The Hall–Kier alpha value is -0.120. The molecule has 0 amide bonds. The molecule has 2 heterocycles.